The summed E-state index contributed by atoms with van der Waals surface area (Å²) in [6.07, 6.45) is 6.96. The van der Waals surface area contributed by atoms with Gasteiger partial charge in [-0.3, -0.25) is 9.97 Å². The maximum absolute atomic E-state index is 6.43. The van der Waals surface area contributed by atoms with Crippen LogP contribution in [-0.4, -0.2) is 19.9 Å². The average molecular weight is 255 g/mol. The normalized spacial score (nSPS) is 11.6. The van der Waals surface area contributed by atoms with Crippen LogP contribution in [0.5, 0.6) is 0 Å². The van der Waals surface area contributed by atoms with Crippen LogP contribution in [0, 0.1) is 0 Å². The molecule has 4 nitrogen and oxygen atoms in total. The molecule has 4 rings (SSSR count). The molecule has 0 aromatic carbocycles. The third-order valence-electron chi connectivity index (χ3n) is 3.06. The molecule has 0 radical (unpaired) electrons. The molecular weight excluding hydrogens is 248 g/mol. The highest BCUT2D eigenvalue weighted by atomic mass is 35.5. The lowest BCUT2D eigenvalue weighted by atomic mass is 10.2. The summed E-state index contributed by atoms with van der Waals surface area (Å²) in [5.74, 6) is 0. The molecular formula is C13H7ClN4. The van der Waals surface area contributed by atoms with Crippen molar-refractivity contribution < 1.29 is 0 Å². The van der Waals surface area contributed by atoms with Crippen LogP contribution in [-0.2, 0) is 0 Å². The lowest BCUT2D eigenvalue weighted by molar-refractivity contribution is 1.33. The van der Waals surface area contributed by atoms with Gasteiger partial charge in [-0.25, -0.2) is 4.98 Å². The molecule has 0 fully saturated rings. The number of nitrogens with zero attached hydrogens (tertiary/aromatic N) is 3. The fourth-order valence-electron chi connectivity index (χ4n) is 2.22. The van der Waals surface area contributed by atoms with Gasteiger partial charge in [-0.1, -0.05) is 11.6 Å². The fraction of sp³-hybridized carbons (Fsp3) is 0. The highest BCUT2D eigenvalue weighted by Gasteiger charge is 2.12. The molecule has 0 aliphatic heterocycles. The first-order chi connectivity index (χ1) is 8.84. The van der Waals surface area contributed by atoms with Gasteiger partial charge in [-0.05, 0) is 12.1 Å². The maximum Gasteiger partial charge on any atom is 0.0982 e. The van der Waals surface area contributed by atoms with E-state index in [1.54, 1.807) is 24.8 Å². The quantitative estimate of drug-likeness (QED) is 0.524. The predicted octanol–water partition coefficient (Wildman–Crippen LogP) is 3.31. The van der Waals surface area contributed by atoms with E-state index in [0.717, 1.165) is 32.8 Å². The van der Waals surface area contributed by atoms with Gasteiger partial charge in [0.2, 0.25) is 0 Å². The molecule has 4 aromatic heterocycles. The molecule has 0 spiro atoms. The van der Waals surface area contributed by atoms with E-state index in [1.165, 1.54) is 0 Å². The first kappa shape index (κ1) is 9.79. The molecule has 0 saturated heterocycles. The lowest BCUT2D eigenvalue weighted by Gasteiger charge is -2.00. The van der Waals surface area contributed by atoms with Crippen molar-refractivity contribution in [1.29, 1.82) is 0 Å². The zero-order valence-corrected chi connectivity index (χ0v) is 9.94. The summed E-state index contributed by atoms with van der Waals surface area (Å²) >= 11 is 6.43. The zero-order chi connectivity index (χ0) is 12.1. The van der Waals surface area contributed by atoms with Crippen molar-refractivity contribution in [2.24, 2.45) is 0 Å². The van der Waals surface area contributed by atoms with E-state index in [1.807, 2.05) is 12.1 Å². The second-order valence-electron chi connectivity index (χ2n) is 4.09. The Kier molecular flexibility index (Phi) is 1.85. The van der Waals surface area contributed by atoms with Gasteiger partial charge in [0, 0.05) is 23.2 Å². The fourth-order valence-corrected chi connectivity index (χ4v) is 2.52. The molecule has 18 heavy (non-hydrogen) atoms. The zero-order valence-electron chi connectivity index (χ0n) is 9.18. The minimum absolute atomic E-state index is 0.675. The van der Waals surface area contributed by atoms with E-state index in [4.69, 9.17) is 11.6 Å². The van der Waals surface area contributed by atoms with Crippen molar-refractivity contribution >= 4 is 44.4 Å². The number of rotatable bonds is 0. The topological polar surface area (TPSA) is 54.5 Å². The molecule has 0 bridgehead atoms. The minimum atomic E-state index is 0.675. The van der Waals surface area contributed by atoms with Crippen LogP contribution >= 0.6 is 11.6 Å². The Hall–Kier alpha value is -2.20. The highest BCUT2D eigenvalue weighted by molar-refractivity contribution is 6.40. The number of nitrogens with one attached hydrogen (secondary N) is 1. The van der Waals surface area contributed by atoms with Crippen LogP contribution < -0.4 is 0 Å². The summed E-state index contributed by atoms with van der Waals surface area (Å²) in [7, 11) is 0. The third-order valence-corrected chi connectivity index (χ3v) is 3.45. The third kappa shape index (κ3) is 1.18. The SMILES string of the molecule is Clc1c2ccncc2nc2c1[nH]c1cnccc12. The first-order valence-electron chi connectivity index (χ1n) is 5.49. The van der Waals surface area contributed by atoms with Crippen molar-refractivity contribution in [1.82, 2.24) is 19.9 Å². The first-order valence-corrected chi connectivity index (χ1v) is 5.87. The molecule has 0 amide bonds. The van der Waals surface area contributed by atoms with E-state index in [-0.39, 0.29) is 0 Å². The Bertz CT molecular complexity index is 897. The van der Waals surface area contributed by atoms with Crippen LogP contribution in [0.15, 0.2) is 36.9 Å². The highest BCUT2D eigenvalue weighted by Crippen LogP contribution is 2.33. The summed E-state index contributed by atoms with van der Waals surface area (Å²) in [4.78, 5) is 16.1. The molecule has 0 unspecified atom stereocenters. The van der Waals surface area contributed by atoms with Gasteiger partial charge < -0.3 is 4.98 Å². The van der Waals surface area contributed by atoms with E-state index < -0.39 is 0 Å². The molecule has 4 heterocycles. The smallest absolute Gasteiger partial charge is 0.0982 e. The molecule has 0 aliphatic carbocycles. The van der Waals surface area contributed by atoms with Gasteiger partial charge in [-0.2, -0.15) is 0 Å². The molecule has 4 aromatic rings. The van der Waals surface area contributed by atoms with Crippen molar-refractivity contribution in [2.75, 3.05) is 0 Å². The Morgan fingerprint density at radius 1 is 1.00 bits per heavy atom. The van der Waals surface area contributed by atoms with E-state index in [9.17, 15) is 0 Å². The van der Waals surface area contributed by atoms with Crippen molar-refractivity contribution in [3.8, 4) is 0 Å². The molecule has 0 atom stereocenters. The van der Waals surface area contributed by atoms with Crippen molar-refractivity contribution in [2.45, 2.75) is 0 Å². The number of aromatic amines is 1. The summed E-state index contributed by atoms with van der Waals surface area (Å²) in [5, 5.41) is 2.60. The Morgan fingerprint density at radius 2 is 1.78 bits per heavy atom. The standard InChI is InChI=1S/C13H7ClN4/c14-11-7-1-3-15-5-9(7)17-12-8-2-4-16-6-10(8)18-13(11)12/h1-6,18H. The average Bonchev–Trinajstić information content (AvgIpc) is 2.79. The van der Waals surface area contributed by atoms with Crippen LogP contribution in [0.25, 0.3) is 32.8 Å². The Labute approximate surface area is 107 Å². The summed E-state index contributed by atoms with van der Waals surface area (Å²) < 4.78 is 0. The minimum Gasteiger partial charge on any atom is -0.351 e. The molecule has 0 saturated carbocycles. The number of aromatic nitrogens is 4. The van der Waals surface area contributed by atoms with E-state index in [0.29, 0.717) is 5.02 Å². The van der Waals surface area contributed by atoms with Crippen LogP contribution in [0.2, 0.25) is 5.02 Å². The van der Waals surface area contributed by atoms with Crippen LogP contribution in [0.1, 0.15) is 0 Å². The number of halogens is 1. The molecule has 86 valence electrons. The molecule has 0 aliphatic rings. The van der Waals surface area contributed by atoms with Crippen molar-refractivity contribution in [3.63, 3.8) is 0 Å². The maximum atomic E-state index is 6.43. The predicted molar refractivity (Wildman–Crippen MR) is 71.7 cm³/mol. The summed E-state index contributed by atoms with van der Waals surface area (Å²) in [6.45, 7) is 0. The number of hydrogen-bond donors (Lipinski definition) is 1. The van der Waals surface area contributed by atoms with Crippen LogP contribution in [0.3, 0.4) is 0 Å². The monoisotopic (exact) mass is 254 g/mol. The van der Waals surface area contributed by atoms with Gasteiger partial charge in [0.25, 0.3) is 0 Å². The number of pyridine rings is 3. The van der Waals surface area contributed by atoms with E-state index in [2.05, 4.69) is 19.9 Å². The second kappa shape index (κ2) is 3.40. The number of H-pyrrole nitrogens is 1. The molecule has 5 heteroatoms. The lowest BCUT2D eigenvalue weighted by Crippen LogP contribution is -1.83. The van der Waals surface area contributed by atoms with Crippen molar-refractivity contribution in [3.05, 3.63) is 41.9 Å². The van der Waals surface area contributed by atoms with E-state index >= 15 is 0 Å². The summed E-state index contributed by atoms with van der Waals surface area (Å²) in [5.41, 5.74) is 3.44. The largest absolute Gasteiger partial charge is 0.351 e. The van der Waals surface area contributed by atoms with Gasteiger partial charge >= 0.3 is 0 Å². The van der Waals surface area contributed by atoms with Gasteiger partial charge in [-0.15, -0.1) is 0 Å². The van der Waals surface area contributed by atoms with Gasteiger partial charge in [0.15, 0.2) is 0 Å². The Balaban J connectivity index is 2.33. The Morgan fingerprint density at radius 3 is 2.67 bits per heavy atom. The second-order valence-corrected chi connectivity index (χ2v) is 4.47. The summed E-state index contributed by atoms with van der Waals surface area (Å²) in [6, 6.07) is 3.80. The number of hydrogen-bond acceptors (Lipinski definition) is 3. The van der Waals surface area contributed by atoms with Gasteiger partial charge in [0.1, 0.15) is 0 Å². The van der Waals surface area contributed by atoms with Gasteiger partial charge in [0.05, 0.1) is 39.5 Å². The van der Waals surface area contributed by atoms with Crippen LogP contribution in [0.4, 0.5) is 0 Å². The number of fused-ring (bicyclic) bond motifs is 4. The molecule has 1 N–H and O–H groups in total.